The largest absolute Gasteiger partial charge is 0.472 e. The predicted molar refractivity (Wildman–Crippen MR) is 106 cm³/mol. The van der Waals surface area contributed by atoms with Crippen molar-refractivity contribution in [2.45, 2.75) is 12.7 Å². The van der Waals surface area contributed by atoms with Gasteiger partial charge in [0.1, 0.15) is 5.82 Å². The molecule has 0 unspecified atom stereocenters. The normalized spacial score (nSPS) is 13.9. The molecule has 0 radical (unpaired) electrons. The zero-order valence-corrected chi connectivity index (χ0v) is 17.1. The van der Waals surface area contributed by atoms with Crippen LogP contribution in [-0.4, -0.2) is 60.2 Å². The van der Waals surface area contributed by atoms with Crippen LogP contribution in [0.5, 0.6) is 0 Å². The lowest BCUT2D eigenvalue weighted by atomic mass is 10.2. The highest BCUT2D eigenvalue weighted by molar-refractivity contribution is 5.95. The van der Waals surface area contributed by atoms with Gasteiger partial charge in [-0.05, 0) is 30.3 Å². The lowest BCUT2D eigenvalue weighted by Crippen LogP contribution is -2.48. The molecule has 33 heavy (non-hydrogen) atoms. The van der Waals surface area contributed by atoms with E-state index in [1.165, 1.54) is 40.7 Å². The number of aromatic nitrogens is 1. The van der Waals surface area contributed by atoms with E-state index in [4.69, 9.17) is 4.74 Å². The first-order valence-electron chi connectivity index (χ1n) is 9.67. The minimum atomic E-state index is -5.15. The molecule has 0 atom stereocenters. The molecule has 2 N–H and O–H groups in total. The third-order valence-corrected chi connectivity index (χ3v) is 4.59. The number of pyridine rings is 1. The molecule has 4 amide bonds. The Morgan fingerprint density at radius 1 is 1.09 bits per heavy atom. The van der Waals surface area contributed by atoms with Gasteiger partial charge in [-0.3, -0.25) is 30.3 Å². The fourth-order valence-corrected chi connectivity index (χ4v) is 2.91. The summed E-state index contributed by atoms with van der Waals surface area (Å²) >= 11 is 0. The summed E-state index contributed by atoms with van der Waals surface area (Å²) in [6.07, 6.45) is -4.07. The van der Waals surface area contributed by atoms with Crippen LogP contribution in [0.15, 0.2) is 42.6 Å². The number of rotatable bonds is 4. The van der Waals surface area contributed by atoms with Crippen molar-refractivity contribution in [2.75, 3.05) is 31.2 Å². The molecule has 9 nitrogen and oxygen atoms in total. The molecule has 1 aromatic carbocycles. The molecule has 0 bridgehead atoms. The van der Waals surface area contributed by atoms with Gasteiger partial charge in [0.15, 0.2) is 0 Å². The Hall–Kier alpha value is -3.74. The van der Waals surface area contributed by atoms with E-state index in [0.29, 0.717) is 37.7 Å². The zero-order chi connectivity index (χ0) is 24.0. The van der Waals surface area contributed by atoms with Crippen LogP contribution in [0, 0.1) is 5.82 Å². The van der Waals surface area contributed by atoms with Gasteiger partial charge in [-0.2, -0.15) is 13.2 Å². The summed E-state index contributed by atoms with van der Waals surface area (Å²) in [5.74, 6) is -3.88. The van der Waals surface area contributed by atoms with Crippen LogP contribution in [-0.2, 0) is 16.1 Å². The van der Waals surface area contributed by atoms with E-state index in [0.717, 1.165) is 6.20 Å². The molecule has 0 saturated carbocycles. The number of nitrogens with zero attached hydrogens (tertiary/aromatic N) is 3. The maximum atomic E-state index is 13.8. The highest BCUT2D eigenvalue weighted by atomic mass is 19.4. The SMILES string of the molecule is O=C(NNC(=O)C(F)(F)F)c1ccc(CN(C(=O)N2CCOCC2)c2cccc(F)c2)nc1. The quantitative estimate of drug-likeness (QED) is 0.527. The molecule has 1 aromatic heterocycles. The molecular weight excluding hydrogens is 450 g/mol. The number of ether oxygens (including phenoxy) is 1. The van der Waals surface area contributed by atoms with Gasteiger partial charge in [0.05, 0.1) is 31.0 Å². The van der Waals surface area contributed by atoms with Crippen LogP contribution in [0.2, 0.25) is 0 Å². The second-order valence-corrected chi connectivity index (χ2v) is 6.89. The first-order valence-corrected chi connectivity index (χ1v) is 9.67. The van der Waals surface area contributed by atoms with E-state index in [2.05, 4.69) is 4.98 Å². The molecule has 0 spiro atoms. The van der Waals surface area contributed by atoms with Crippen LogP contribution in [0.4, 0.5) is 28.0 Å². The van der Waals surface area contributed by atoms with Gasteiger partial charge < -0.3 is 9.64 Å². The third kappa shape index (κ3) is 6.38. The standard InChI is InChI=1S/C20H19F4N5O4/c21-14-2-1-3-16(10-14)29(19(32)28-6-8-33-9-7-28)12-15-5-4-13(11-25-15)17(30)26-27-18(31)20(22,23)24/h1-5,10-11H,6-9,12H2,(H,26,30)(H,27,31). The van der Waals surface area contributed by atoms with Gasteiger partial charge in [0.2, 0.25) is 0 Å². The van der Waals surface area contributed by atoms with Crippen LogP contribution in [0.1, 0.15) is 16.1 Å². The molecule has 2 heterocycles. The highest BCUT2D eigenvalue weighted by Gasteiger charge is 2.39. The number of amides is 4. The number of hydrogen-bond acceptors (Lipinski definition) is 5. The zero-order valence-electron chi connectivity index (χ0n) is 17.1. The van der Waals surface area contributed by atoms with Crippen molar-refractivity contribution in [3.63, 3.8) is 0 Å². The van der Waals surface area contributed by atoms with Gasteiger partial charge in [0.25, 0.3) is 5.91 Å². The van der Waals surface area contributed by atoms with E-state index < -0.39 is 23.8 Å². The van der Waals surface area contributed by atoms with Gasteiger partial charge in [-0.15, -0.1) is 0 Å². The molecule has 1 fully saturated rings. The van der Waals surface area contributed by atoms with E-state index in [-0.39, 0.29) is 18.1 Å². The van der Waals surface area contributed by atoms with Crippen molar-refractivity contribution in [3.05, 3.63) is 59.7 Å². The van der Waals surface area contributed by atoms with Crippen molar-refractivity contribution < 1.29 is 36.7 Å². The van der Waals surface area contributed by atoms with Crippen molar-refractivity contribution in [1.82, 2.24) is 20.7 Å². The Kier molecular flexibility index (Phi) is 7.43. The summed E-state index contributed by atoms with van der Waals surface area (Å²) in [5, 5.41) is 0. The summed E-state index contributed by atoms with van der Waals surface area (Å²) in [4.78, 5) is 42.7. The molecule has 1 aliphatic rings. The second-order valence-electron chi connectivity index (χ2n) is 6.89. The van der Waals surface area contributed by atoms with Crippen molar-refractivity contribution in [2.24, 2.45) is 0 Å². The minimum absolute atomic E-state index is 0.0631. The van der Waals surface area contributed by atoms with Gasteiger partial charge in [-0.1, -0.05) is 6.07 Å². The fraction of sp³-hybridized carbons (Fsp3) is 0.300. The third-order valence-electron chi connectivity index (χ3n) is 4.59. The van der Waals surface area contributed by atoms with Gasteiger partial charge >= 0.3 is 18.1 Å². The molecule has 1 aliphatic heterocycles. The molecule has 176 valence electrons. The Morgan fingerprint density at radius 2 is 1.82 bits per heavy atom. The maximum Gasteiger partial charge on any atom is 0.472 e. The molecule has 3 rings (SSSR count). The van der Waals surface area contributed by atoms with Crippen molar-refractivity contribution in [3.8, 4) is 0 Å². The van der Waals surface area contributed by atoms with Crippen LogP contribution in [0.25, 0.3) is 0 Å². The Bertz CT molecular complexity index is 1010. The Balaban J connectivity index is 1.72. The van der Waals surface area contributed by atoms with Crippen LogP contribution >= 0.6 is 0 Å². The van der Waals surface area contributed by atoms with Gasteiger partial charge in [-0.25, -0.2) is 9.18 Å². The lowest BCUT2D eigenvalue weighted by Gasteiger charge is -2.33. The number of hydrazine groups is 1. The van der Waals surface area contributed by atoms with E-state index in [9.17, 15) is 31.9 Å². The van der Waals surface area contributed by atoms with E-state index >= 15 is 0 Å². The van der Waals surface area contributed by atoms with Crippen molar-refractivity contribution in [1.29, 1.82) is 0 Å². The Labute approximate surface area is 185 Å². The summed E-state index contributed by atoms with van der Waals surface area (Å²) in [6, 6.07) is 7.72. The first kappa shape index (κ1) is 23.9. The fourth-order valence-electron chi connectivity index (χ4n) is 2.91. The molecule has 1 saturated heterocycles. The molecular formula is C20H19F4N5O4. The monoisotopic (exact) mass is 469 g/mol. The second kappa shape index (κ2) is 10.3. The number of morpholine rings is 1. The Morgan fingerprint density at radius 3 is 2.42 bits per heavy atom. The lowest BCUT2D eigenvalue weighted by molar-refractivity contribution is -0.174. The van der Waals surface area contributed by atoms with Crippen LogP contribution < -0.4 is 15.8 Å². The average Bonchev–Trinajstić information content (AvgIpc) is 2.80. The van der Waals surface area contributed by atoms with E-state index in [1.807, 2.05) is 0 Å². The molecule has 0 aliphatic carbocycles. The van der Waals surface area contributed by atoms with Gasteiger partial charge in [0, 0.05) is 25.0 Å². The van der Waals surface area contributed by atoms with Crippen LogP contribution in [0.3, 0.4) is 0 Å². The summed E-state index contributed by atoms with van der Waals surface area (Å²) in [6.45, 7) is 1.40. The highest BCUT2D eigenvalue weighted by Crippen LogP contribution is 2.21. The smallest absolute Gasteiger partial charge is 0.378 e. The number of alkyl halides is 3. The minimum Gasteiger partial charge on any atom is -0.378 e. The number of hydrogen-bond donors (Lipinski definition) is 2. The molecule has 13 heteroatoms. The molecule has 2 aromatic rings. The predicted octanol–water partition coefficient (Wildman–Crippen LogP) is 2.00. The summed E-state index contributed by atoms with van der Waals surface area (Å²) in [5.41, 5.74) is 3.39. The maximum absolute atomic E-state index is 13.8. The number of nitrogens with one attached hydrogen (secondary N) is 2. The number of urea groups is 1. The number of benzene rings is 1. The van der Waals surface area contributed by atoms with Crippen molar-refractivity contribution >= 4 is 23.5 Å². The van der Waals surface area contributed by atoms with E-state index in [1.54, 1.807) is 16.4 Å². The number of halogens is 4. The average molecular weight is 469 g/mol. The number of carbonyl (C=O) groups excluding carboxylic acids is 3. The number of anilines is 1. The summed E-state index contributed by atoms with van der Waals surface area (Å²) in [7, 11) is 0. The summed E-state index contributed by atoms with van der Waals surface area (Å²) < 4.78 is 55.6. The first-order chi connectivity index (χ1) is 15.6. The number of carbonyl (C=O) groups is 3. The topological polar surface area (TPSA) is 104 Å².